The summed E-state index contributed by atoms with van der Waals surface area (Å²) in [6.07, 6.45) is 1.42. The molecule has 100 valence electrons. The number of benzene rings is 2. The van der Waals surface area contributed by atoms with Crippen molar-refractivity contribution < 1.29 is 9.53 Å². The van der Waals surface area contributed by atoms with Gasteiger partial charge in [-0.15, -0.1) is 0 Å². The van der Waals surface area contributed by atoms with Gasteiger partial charge in [0.05, 0.1) is 0 Å². The smallest absolute Gasteiger partial charge is 0.198 e. The molecule has 1 aliphatic carbocycles. The highest BCUT2D eigenvalue weighted by molar-refractivity contribution is 6.31. The van der Waals surface area contributed by atoms with E-state index in [4.69, 9.17) is 16.3 Å². The van der Waals surface area contributed by atoms with E-state index in [1.54, 1.807) is 0 Å². The molecule has 1 fully saturated rings. The van der Waals surface area contributed by atoms with Crippen LogP contribution >= 0.6 is 11.6 Å². The van der Waals surface area contributed by atoms with Gasteiger partial charge in [-0.1, -0.05) is 54.1 Å². The molecule has 1 spiro atoms. The lowest BCUT2D eigenvalue weighted by Gasteiger charge is -2.21. The van der Waals surface area contributed by atoms with Crippen molar-refractivity contribution in [3.8, 4) is 0 Å². The van der Waals surface area contributed by atoms with E-state index in [2.05, 4.69) is 0 Å². The molecule has 0 bridgehead atoms. The second kappa shape index (κ2) is 4.18. The van der Waals surface area contributed by atoms with Crippen LogP contribution in [0.4, 0.5) is 0 Å². The van der Waals surface area contributed by atoms with Crippen LogP contribution in [0.1, 0.15) is 34.0 Å². The fraction of sp³-hybridized carbons (Fsp3) is 0.235. The van der Waals surface area contributed by atoms with E-state index in [1.807, 2.05) is 48.5 Å². The van der Waals surface area contributed by atoms with Crippen LogP contribution in [0, 0.1) is 0 Å². The molecule has 2 aromatic rings. The maximum Gasteiger partial charge on any atom is 0.198 e. The van der Waals surface area contributed by atoms with Gasteiger partial charge in [-0.3, -0.25) is 4.79 Å². The fourth-order valence-corrected chi connectivity index (χ4v) is 3.40. The average Bonchev–Trinajstić information content (AvgIpc) is 3.19. The Morgan fingerprint density at radius 1 is 1.10 bits per heavy atom. The highest BCUT2D eigenvalue weighted by Gasteiger charge is 2.64. The summed E-state index contributed by atoms with van der Waals surface area (Å²) in [5, 5.41) is 0.668. The third-order valence-corrected chi connectivity index (χ3v) is 4.64. The Balaban J connectivity index is 1.73. The standard InChI is InChI=1S/C17H13ClO2/c18-14-8-4-3-7-13(14)16-17(20-16)10-9-11-5-1-2-6-12(11)15(17)19/h1-8,16H,9-10H2. The minimum absolute atomic E-state index is 0.101. The van der Waals surface area contributed by atoms with Crippen molar-refractivity contribution in [1.29, 1.82) is 0 Å². The van der Waals surface area contributed by atoms with Crippen molar-refractivity contribution in [3.63, 3.8) is 0 Å². The summed E-state index contributed by atoms with van der Waals surface area (Å²) in [6.45, 7) is 0. The van der Waals surface area contributed by atoms with Gasteiger partial charge in [0.15, 0.2) is 11.4 Å². The molecule has 2 atom stereocenters. The molecule has 2 aromatic carbocycles. The number of hydrogen-bond acceptors (Lipinski definition) is 2. The zero-order chi connectivity index (χ0) is 13.7. The third kappa shape index (κ3) is 1.58. The molecular formula is C17H13ClO2. The number of carbonyl (C=O) groups excluding carboxylic acids is 1. The first-order chi connectivity index (χ1) is 9.72. The topological polar surface area (TPSA) is 29.6 Å². The predicted molar refractivity (Wildman–Crippen MR) is 77.1 cm³/mol. The van der Waals surface area contributed by atoms with Crippen molar-refractivity contribution in [2.24, 2.45) is 0 Å². The highest BCUT2D eigenvalue weighted by Crippen LogP contribution is 2.57. The molecule has 3 heteroatoms. The monoisotopic (exact) mass is 284 g/mol. The van der Waals surface area contributed by atoms with Crippen LogP contribution in [0.3, 0.4) is 0 Å². The molecule has 0 radical (unpaired) electrons. The SMILES string of the molecule is O=C1c2ccccc2CCC12OC2c1ccccc1Cl. The molecule has 1 aliphatic heterocycles. The Morgan fingerprint density at radius 2 is 1.85 bits per heavy atom. The zero-order valence-electron chi connectivity index (χ0n) is 10.8. The van der Waals surface area contributed by atoms with Gasteiger partial charge in [0.25, 0.3) is 0 Å². The highest BCUT2D eigenvalue weighted by atomic mass is 35.5. The van der Waals surface area contributed by atoms with Crippen molar-refractivity contribution in [2.75, 3.05) is 0 Å². The molecule has 0 aromatic heterocycles. The van der Waals surface area contributed by atoms with E-state index >= 15 is 0 Å². The first-order valence-corrected chi connectivity index (χ1v) is 7.15. The van der Waals surface area contributed by atoms with Crippen molar-refractivity contribution in [1.82, 2.24) is 0 Å². The van der Waals surface area contributed by atoms with Gasteiger partial charge < -0.3 is 4.74 Å². The van der Waals surface area contributed by atoms with Crippen LogP contribution < -0.4 is 0 Å². The largest absolute Gasteiger partial charge is 0.352 e. The Kier molecular flexibility index (Phi) is 2.53. The van der Waals surface area contributed by atoms with Gasteiger partial charge in [0, 0.05) is 16.1 Å². The number of Topliss-reactive ketones (excluding diaryl/α,β-unsaturated/α-hetero) is 1. The molecule has 0 N–H and O–H groups in total. The minimum atomic E-state index is -0.681. The first-order valence-electron chi connectivity index (χ1n) is 6.77. The van der Waals surface area contributed by atoms with Crippen LogP contribution in [-0.2, 0) is 11.2 Å². The first kappa shape index (κ1) is 12.1. The summed E-state index contributed by atoms with van der Waals surface area (Å²) in [4.78, 5) is 12.7. The van der Waals surface area contributed by atoms with Crippen LogP contribution in [-0.4, -0.2) is 11.4 Å². The summed E-state index contributed by atoms with van der Waals surface area (Å²) < 4.78 is 5.85. The van der Waals surface area contributed by atoms with Gasteiger partial charge in [0.2, 0.25) is 0 Å². The van der Waals surface area contributed by atoms with Gasteiger partial charge in [-0.25, -0.2) is 0 Å². The van der Waals surface area contributed by atoms with E-state index in [1.165, 1.54) is 0 Å². The average molecular weight is 285 g/mol. The number of rotatable bonds is 1. The third-order valence-electron chi connectivity index (χ3n) is 4.29. The van der Waals surface area contributed by atoms with E-state index in [0.29, 0.717) is 5.02 Å². The zero-order valence-corrected chi connectivity index (χ0v) is 11.6. The maximum atomic E-state index is 12.7. The van der Waals surface area contributed by atoms with E-state index in [-0.39, 0.29) is 11.9 Å². The second-order valence-corrected chi connectivity index (χ2v) is 5.80. The van der Waals surface area contributed by atoms with Gasteiger partial charge >= 0.3 is 0 Å². The molecule has 20 heavy (non-hydrogen) atoms. The molecule has 0 amide bonds. The lowest BCUT2D eigenvalue weighted by atomic mass is 9.79. The predicted octanol–water partition coefficient (Wildman–Crippen LogP) is 3.98. The molecule has 2 nitrogen and oxygen atoms in total. The Labute approximate surface area is 122 Å². The number of ketones is 1. The lowest BCUT2D eigenvalue weighted by Crippen LogP contribution is -2.31. The molecular weight excluding hydrogens is 272 g/mol. The van der Waals surface area contributed by atoms with Crippen LogP contribution in [0.5, 0.6) is 0 Å². The van der Waals surface area contributed by atoms with E-state index in [0.717, 1.165) is 29.5 Å². The minimum Gasteiger partial charge on any atom is -0.352 e. The number of hydrogen-bond donors (Lipinski definition) is 0. The number of ether oxygens (including phenoxy) is 1. The van der Waals surface area contributed by atoms with Gasteiger partial charge in [-0.05, 0) is 24.5 Å². The maximum absolute atomic E-state index is 12.7. The molecule has 2 aliphatic rings. The molecule has 1 saturated heterocycles. The second-order valence-electron chi connectivity index (χ2n) is 5.40. The summed E-state index contributed by atoms with van der Waals surface area (Å²) in [5.41, 5.74) is 2.16. The summed E-state index contributed by atoms with van der Waals surface area (Å²) in [5.74, 6) is 0.101. The molecule has 2 unspecified atom stereocenters. The fourth-order valence-electron chi connectivity index (χ4n) is 3.16. The number of aryl methyl sites for hydroxylation is 1. The van der Waals surface area contributed by atoms with Crippen molar-refractivity contribution in [3.05, 3.63) is 70.2 Å². The Bertz CT molecular complexity index is 710. The summed E-state index contributed by atoms with van der Waals surface area (Å²) in [6, 6.07) is 15.4. The van der Waals surface area contributed by atoms with Crippen LogP contribution in [0.2, 0.25) is 5.02 Å². The van der Waals surface area contributed by atoms with E-state index in [9.17, 15) is 4.79 Å². The Hall–Kier alpha value is -1.64. The molecule has 1 heterocycles. The summed E-state index contributed by atoms with van der Waals surface area (Å²) in [7, 11) is 0. The van der Waals surface area contributed by atoms with E-state index < -0.39 is 5.60 Å². The summed E-state index contributed by atoms with van der Waals surface area (Å²) >= 11 is 6.22. The Morgan fingerprint density at radius 3 is 2.70 bits per heavy atom. The van der Waals surface area contributed by atoms with Crippen molar-refractivity contribution >= 4 is 17.4 Å². The normalized spacial score (nSPS) is 27.4. The lowest BCUT2D eigenvalue weighted by molar-refractivity contribution is 0.0850. The number of halogens is 1. The quantitative estimate of drug-likeness (QED) is 0.741. The number of carbonyl (C=O) groups is 1. The number of epoxide rings is 1. The van der Waals surface area contributed by atoms with Gasteiger partial charge in [0.1, 0.15) is 6.10 Å². The van der Waals surface area contributed by atoms with Crippen molar-refractivity contribution in [2.45, 2.75) is 24.5 Å². The van der Waals surface area contributed by atoms with Crippen LogP contribution in [0.15, 0.2) is 48.5 Å². The molecule has 4 rings (SSSR count). The molecule has 0 saturated carbocycles. The number of fused-ring (bicyclic) bond motifs is 1. The van der Waals surface area contributed by atoms with Gasteiger partial charge in [-0.2, -0.15) is 0 Å². The van der Waals surface area contributed by atoms with Crippen LogP contribution in [0.25, 0.3) is 0 Å².